The molecule has 13 heteroatoms. The van der Waals surface area contributed by atoms with Gasteiger partial charge in [0.2, 0.25) is 11.8 Å². The third-order valence-corrected chi connectivity index (χ3v) is 5.93. The van der Waals surface area contributed by atoms with Gasteiger partial charge in [0, 0.05) is 19.2 Å². The monoisotopic (exact) mass is 602 g/mol. The predicted molar refractivity (Wildman–Crippen MR) is 153 cm³/mol. The van der Waals surface area contributed by atoms with Crippen molar-refractivity contribution >= 4 is 29.6 Å². The average Bonchev–Trinajstić information content (AvgIpc) is 2.97. The molecule has 0 saturated carbocycles. The maximum atomic E-state index is 12.7. The van der Waals surface area contributed by atoms with Crippen LogP contribution in [0.5, 0.6) is 0 Å². The zero-order valence-electron chi connectivity index (χ0n) is 23.3. The fraction of sp³-hybridized carbons (Fsp3) is 0.300. The van der Waals surface area contributed by atoms with Crippen LogP contribution in [0.15, 0.2) is 79.0 Å². The number of hydrogen-bond donors (Lipinski definition) is 5. The van der Waals surface area contributed by atoms with E-state index in [1.807, 2.05) is 72.8 Å². The molecule has 0 radical (unpaired) electrons. The summed E-state index contributed by atoms with van der Waals surface area (Å²) in [6.45, 7) is 2.28. The van der Waals surface area contributed by atoms with Crippen LogP contribution in [0.1, 0.15) is 44.2 Å². The molecule has 2 atom stereocenters. The number of rotatable bonds is 13. The predicted octanol–water partition coefficient (Wildman–Crippen LogP) is 4.80. The third-order valence-electron chi connectivity index (χ3n) is 5.93. The quantitative estimate of drug-likeness (QED) is 0.175. The Morgan fingerprint density at radius 1 is 0.837 bits per heavy atom. The molecule has 0 aliphatic heterocycles. The van der Waals surface area contributed by atoms with E-state index in [0.29, 0.717) is 24.9 Å². The van der Waals surface area contributed by atoms with Gasteiger partial charge in [-0.25, -0.2) is 9.78 Å². The van der Waals surface area contributed by atoms with Gasteiger partial charge in [-0.2, -0.15) is 13.2 Å². The molecule has 2 aromatic carbocycles. The summed E-state index contributed by atoms with van der Waals surface area (Å²) in [6.07, 6.45) is -1.90. The van der Waals surface area contributed by atoms with Crippen molar-refractivity contribution in [1.29, 1.82) is 0 Å². The number of carbonyl (C=O) groups excluding carboxylic acids is 2. The Hall–Kier alpha value is -4.94. The van der Waals surface area contributed by atoms with E-state index in [9.17, 15) is 32.7 Å². The van der Waals surface area contributed by atoms with Gasteiger partial charge in [0.25, 0.3) is 0 Å². The molecule has 3 aromatic rings. The molecule has 43 heavy (non-hydrogen) atoms. The average molecular weight is 603 g/mol. The van der Waals surface area contributed by atoms with Crippen LogP contribution < -0.4 is 16.0 Å². The van der Waals surface area contributed by atoms with Gasteiger partial charge < -0.3 is 26.2 Å². The van der Waals surface area contributed by atoms with E-state index in [0.717, 1.165) is 23.4 Å². The third kappa shape index (κ3) is 13.1. The highest BCUT2D eigenvalue weighted by Crippen LogP contribution is 2.23. The second-order valence-electron chi connectivity index (χ2n) is 9.34. The van der Waals surface area contributed by atoms with Crippen molar-refractivity contribution in [2.24, 2.45) is 0 Å². The number of pyridine rings is 1. The molecule has 0 fully saturated rings. The molecular formula is C30H33F3N4O6. The Labute approximate surface area is 246 Å². The largest absolute Gasteiger partial charge is 0.490 e. The molecular weight excluding hydrogens is 569 g/mol. The van der Waals surface area contributed by atoms with Crippen LogP contribution in [-0.2, 0) is 19.2 Å². The first-order valence-corrected chi connectivity index (χ1v) is 13.3. The minimum atomic E-state index is -5.08. The van der Waals surface area contributed by atoms with Gasteiger partial charge in [-0.3, -0.25) is 14.4 Å². The summed E-state index contributed by atoms with van der Waals surface area (Å²) in [4.78, 5) is 49.5. The zero-order chi connectivity index (χ0) is 31.8. The lowest BCUT2D eigenvalue weighted by molar-refractivity contribution is -0.192. The van der Waals surface area contributed by atoms with Gasteiger partial charge in [0.05, 0.1) is 12.5 Å². The van der Waals surface area contributed by atoms with Gasteiger partial charge in [-0.15, -0.1) is 0 Å². The van der Waals surface area contributed by atoms with Crippen LogP contribution >= 0.6 is 0 Å². The standard InChI is InChI=1S/C28H32N4O4.C2HF3O2/c1-20(31-26(33)12-6-8-18-30-25-11-5-7-17-29-25)28(36)32-24(19-27(34)35)23-15-13-22(14-16-23)21-9-3-2-4-10-21;3-2(4,5)1(6)7/h2-5,7,9-11,13-17,20,24H,6,8,12,18-19H2,1H3,(H,29,30)(H,31,33)(H,32,36)(H,34,35);(H,6,7)/t20-,24?;/m0./s1. The number of anilines is 1. The van der Waals surface area contributed by atoms with Crippen molar-refractivity contribution in [2.75, 3.05) is 11.9 Å². The number of unbranched alkanes of at least 4 members (excludes halogenated alkanes) is 1. The molecule has 1 heterocycles. The molecule has 10 nitrogen and oxygen atoms in total. The summed E-state index contributed by atoms with van der Waals surface area (Å²) < 4.78 is 31.7. The number of nitrogens with one attached hydrogen (secondary N) is 3. The lowest BCUT2D eigenvalue weighted by atomic mass is 9.99. The Bertz CT molecular complexity index is 1320. The smallest absolute Gasteiger partial charge is 0.481 e. The van der Waals surface area contributed by atoms with Crippen LogP contribution in [0.3, 0.4) is 0 Å². The number of amides is 2. The van der Waals surface area contributed by atoms with Crippen LogP contribution in [0.2, 0.25) is 0 Å². The van der Waals surface area contributed by atoms with Crippen LogP contribution in [0.4, 0.5) is 19.0 Å². The van der Waals surface area contributed by atoms with E-state index in [4.69, 9.17) is 9.90 Å². The topological polar surface area (TPSA) is 158 Å². The van der Waals surface area contributed by atoms with Crippen LogP contribution in [0, 0.1) is 0 Å². The maximum absolute atomic E-state index is 12.7. The summed E-state index contributed by atoms with van der Waals surface area (Å²) in [7, 11) is 0. The number of carbonyl (C=O) groups is 4. The van der Waals surface area contributed by atoms with Gasteiger partial charge >= 0.3 is 18.1 Å². The normalized spacial score (nSPS) is 12.1. The number of carboxylic acid groups (broad SMARTS) is 2. The summed E-state index contributed by atoms with van der Waals surface area (Å²) in [5.74, 6) is -3.65. The molecule has 1 unspecified atom stereocenters. The van der Waals surface area contributed by atoms with E-state index in [1.165, 1.54) is 0 Å². The van der Waals surface area contributed by atoms with Gasteiger partial charge in [0.1, 0.15) is 11.9 Å². The number of aromatic nitrogens is 1. The van der Waals surface area contributed by atoms with Gasteiger partial charge in [0.15, 0.2) is 0 Å². The maximum Gasteiger partial charge on any atom is 0.490 e. The van der Waals surface area contributed by atoms with Crippen molar-refractivity contribution in [1.82, 2.24) is 15.6 Å². The molecule has 1 aromatic heterocycles. The fourth-order valence-electron chi connectivity index (χ4n) is 3.74. The molecule has 0 aliphatic rings. The van der Waals surface area contributed by atoms with E-state index in [-0.39, 0.29) is 12.3 Å². The second kappa shape index (κ2) is 17.1. The molecule has 5 N–H and O–H groups in total. The molecule has 230 valence electrons. The highest BCUT2D eigenvalue weighted by Gasteiger charge is 2.38. The summed E-state index contributed by atoms with van der Waals surface area (Å²) in [5, 5.41) is 25.1. The highest BCUT2D eigenvalue weighted by atomic mass is 19.4. The number of carboxylic acids is 2. The minimum Gasteiger partial charge on any atom is -0.481 e. The number of nitrogens with zero attached hydrogens (tertiary/aromatic N) is 1. The van der Waals surface area contributed by atoms with Crippen molar-refractivity contribution in [2.45, 2.75) is 50.9 Å². The van der Waals surface area contributed by atoms with E-state index < -0.39 is 36.1 Å². The van der Waals surface area contributed by atoms with Crippen molar-refractivity contribution < 1.29 is 42.6 Å². The summed E-state index contributed by atoms with van der Waals surface area (Å²) >= 11 is 0. The van der Waals surface area contributed by atoms with Crippen LogP contribution in [-0.4, -0.2) is 57.7 Å². The lowest BCUT2D eigenvalue weighted by Crippen LogP contribution is -2.46. The first-order valence-electron chi connectivity index (χ1n) is 13.3. The molecule has 0 aliphatic carbocycles. The second-order valence-corrected chi connectivity index (χ2v) is 9.34. The fourth-order valence-corrected chi connectivity index (χ4v) is 3.74. The first kappa shape index (κ1) is 34.3. The first-order chi connectivity index (χ1) is 20.4. The van der Waals surface area contributed by atoms with Gasteiger partial charge in [-0.05, 0) is 48.6 Å². The van der Waals surface area contributed by atoms with E-state index in [2.05, 4.69) is 20.9 Å². The lowest BCUT2D eigenvalue weighted by Gasteiger charge is -2.21. The zero-order valence-corrected chi connectivity index (χ0v) is 23.3. The van der Waals surface area contributed by atoms with E-state index >= 15 is 0 Å². The highest BCUT2D eigenvalue weighted by molar-refractivity contribution is 5.87. The minimum absolute atomic E-state index is 0.225. The number of aliphatic carboxylic acids is 2. The Morgan fingerprint density at radius 3 is 2.00 bits per heavy atom. The van der Waals surface area contributed by atoms with E-state index in [1.54, 1.807) is 13.1 Å². The molecule has 0 spiro atoms. The summed E-state index contributed by atoms with van der Waals surface area (Å²) in [5.41, 5.74) is 2.73. The number of hydrogen-bond acceptors (Lipinski definition) is 6. The number of benzene rings is 2. The molecule has 0 bridgehead atoms. The number of alkyl halides is 3. The Balaban J connectivity index is 0.000000821. The van der Waals surface area contributed by atoms with Crippen molar-refractivity contribution in [3.8, 4) is 11.1 Å². The van der Waals surface area contributed by atoms with Crippen molar-refractivity contribution in [3.63, 3.8) is 0 Å². The number of halogens is 3. The SMILES string of the molecule is C[C@H](NC(=O)CCCCNc1ccccn1)C(=O)NC(CC(=O)O)c1ccc(-c2ccccc2)cc1.O=C(O)C(F)(F)F. The Morgan fingerprint density at radius 2 is 1.44 bits per heavy atom. The molecule has 0 saturated heterocycles. The van der Waals surface area contributed by atoms with Crippen molar-refractivity contribution in [3.05, 3.63) is 84.6 Å². The molecule has 2 amide bonds. The summed E-state index contributed by atoms with van der Waals surface area (Å²) in [6, 6.07) is 21.4. The molecule has 3 rings (SSSR count). The van der Waals surface area contributed by atoms with Crippen LogP contribution in [0.25, 0.3) is 11.1 Å². The van der Waals surface area contributed by atoms with Gasteiger partial charge in [-0.1, -0.05) is 60.7 Å². The Kier molecular flexibility index (Phi) is 13.6.